The number of rotatable bonds is 7. The Balaban J connectivity index is 1.80. The van der Waals surface area contributed by atoms with Crippen LogP contribution in [0.1, 0.15) is 19.5 Å². The van der Waals surface area contributed by atoms with E-state index in [2.05, 4.69) is 29.0 Å². The summed E-state index contributed by atoms with van der Waals surface area (Å²) in [7, 11) is 0. The van der Waals surface area contributed by atoms with Crippen LogP contribution in [0.2, 0.25) is 0 Å². The fraction of sp³-hybridized carbons (Fsp3) is 0.667. The summed E-state index contributed by atoms with van der Waals surface area (Å²) in [6.45, 7) is 8.22. The van der Waals surface area contributed by atoms with Gasteiger partial charge in [-0.1, -0.05) is 19.9 Å². The molecule has 3 atom stereocenters. The number of nitrogens with zero attached hydrogens (tertiary/aromatic N) is 2. The Hall–Kier alpha value is -1.01. The van der Waals surface area contributed by atoms with E-state index in [1.54, 1.807) is 6.20 Å². The summed E-state index contributed by atoms with van der Waals surface area (Å²) in [6.07, 6.45) is 1.22. The van der Waals surface area contributed by atoms with Crippen molar-refractivity contribution in [3.63, 3.8) is 0 Å². The second kappa shape index (κ2) is 7.69. The van der Waals surface area contributed by atoms with E-state index in [-0.39, 0.29) is 12.1 Å². The van der Waals surface area contributed by atoms with Crippen LogP contribution in [0.5, 0.6) is 0 Å². The lowest BCUT2D eigenvalue weighted by Gasteiger charge is -2.24. The van der Waals surface area contributed by atoms with Crippen molar-refractivity contribution in [1.29, 1.82) is 0 Å². The van der Waals surface area contributed by atoms with Crippen LogP contribution in [-0.2, 0) is 11.3 Å². The number of pyridine rings is 1. The lowest BCUT2D eigenvalue weighted by atomic mass is 10.1. The predicted octanol–water partition coefficient (Wildman–Crippen LogP) is 0.641. The lowest BCUT2D eigenvalue weighted by Crippen LogP contribution is -2.44. The van der Waals surface area contributed by atoms with Crippen LogP contribution >= 0.6 is 0 Å². The predicted molar refractivity (Wildman–Crippen MR) is 78.4 cm³/mol. The summed E-state index contributed by atoms with van der Waals surface area (Å²) >= 11 is 0. The van der Waals surface area contributed by atoms with Gasteiger partial charge in [0.25, 0.3) is 0 Å². The van der Waals surface area contributed by atoms with Crippen LogP contribution in [0, 0.1) is 0 Å². The molecule has 5 nitrogen and oxygen atoms in total. The minimum absolute atomic E-state index is 0.0161. The van der Waals surface area contributed by atoms with Gasteiger partial charge in [-0.25, -0.2) is 0 Å². The Morgan fingerprint density at radius 2 is 2.20 bits per heavy atom. The Bertz CT molecular complexity index is 384. The quantitative estimate of drug-likeness (QED) is 0.767. The van der Waals surface area contributed by atoms with Crippen molar-refractivity contribution >= 4 is 0 Å². The molecule has 1 aliphatic heterocycles. The molecule has 2 N–H and O–H groups in total. The largest absolute Gasteiger partial charge is 0.389 e. The molecule has 0 spiro atoms. The van der Waals surface area contributed by atoms with Gasteiger partial charge in [0.15, 0.2) is 0 Å². The molecule has 1 aromatic heterocycles. The van der Waals surface area contributed by atoms with Crippen LogP contribution in [-0.4, -0.2) is 59.5 Å². The number of ether oxygens (including phenoxy) is 1. The maximum absolute atomic E-state index is 10.3. The Labute approximate surface area is 121 Å². The number of likely N-dealkylation sites (N-methyl/N-ethyl adjacent to an activating group) is 1. The van der Waals surface area contributed by atoms with Gasteiger partial charge < -0.3 is 20.1 Å². The highest BCUT2D eigenvalue weighted by Gasteiger charge is 2.36. The first-order valence-electron chi connectivity index (χ1n) is 7.39. The highest BCUT2D eigenvalue weighted by atomic mass is 16.5. The number of aliphatic hydroxyl groups excluding tert-OH is 1. The average Bonchev–Trinajstić information content (AvgIpc) is 2.84. The van der Waals surface area contributed by atoms with Gasteiger partial charge in [-0.2, -0.15) is 0 Å². The third-order valence-corrected chi connectivity index (χ3v) is 3.89. The minimum atomic E-state index is -0.459. The fourth-order valence-electron chi connectivity index (χ4n) is 2.50. The monoisotopic (exact) mass is 279 g/mol. The van der Waals surface area contributed by atoms with Crippen molar-refractivity contribution in [2.45, 2.75) is 38.6 Å². The van der Waals surface area contributed by atoms with Crippen LogP contribution in [0.3, 0.4) is 0 Å². The van der Waals surface area contributed by atoms with Crippen LogP contribution in [0.25, 0.3) is 0 Å². The van der Waals surface area contributed by atoms with Crippen molar-refractivity contribution in [2.24, 2.45) is 0 Å². The van der Waals surface area contributed by atoms with Crippen molar-refractivity contribution in [1.82, 2.24) is 15.2 Å². The summed E-state index contributed by atoms with van der Waals surface area (Å²) in [6, 6.07) is 5.83. The molecule has 2 heterocycles. The molecule has 0 saturated carbocycles. The fourth-order valence-corrected chi connectivity index (χ4v) is 2.50. The standard InChI is InChI=1S/C15H25N3O2/c1-3-18(4-2)10-14-15(19)13(11-20-14)17-9-12-7-5-6-8-16-12/h5-8,13-15,17,19H,3-4,9-11H2,1-2H3. The number of nitrogens with one attached hydrogen (secondary N) is 1. The molecule has 1 aromatic rings. The molecule has 0 aliphatic carbocycles. The third-order valence-electron chi connectivity index (χ3n) is 3.89. The maximum Gasteiger partial charge on any atom is 0.0989 e. The molecule has 1 aliphatic rings. The molecule has 3 unspecified atom stereocenters. The number of aliphatic hydroxyl groups is 1. The highest BCUT2D eigenvalue weighted by molar-refractivity contribution is 5.03. The molecule has 0 bridgehead atoms. The molecule has 5 heteroatoms. The van der Waals surface area contributed by atoms with Gasteiger partial charge in [-0.15, -0.1) is 0 Å². The Kier molecular flexibility index (Phi) is 5.91. The second-order valence-corrected chi connectivity index (χ2v) is 5.16. The molecule has 0 aromatic carbocycles. The smallest absolute Gasteiger partial charge is 0.0989 e. The molecule has 1 saturated heterocycles. The van der Waals surface area contributed by atoms with Gasteiger partial charge in [0, 0.05) is 19.3 Å². The second-order valence-electron chi connectivity index (χ2n) is 5.16. The van der Waals surface area contributed by atoms with E-state index in [9.17, 15) is 5.11 Å². The van der Waals surface area contributed by atoms with E-state index in [1.807, 2.05) is 18.2 Å². The van der Waals surface area contributed by atoms with Gasteiger partial charge >= 0.3 is 0 Å². The topological polar surface area (TPSA) is 57.6 Å². The number of hydrogen-bond acceptors (Lipinski definition) is 5. The molecular formula is C15H25N3O2. The highest BCUT2D eigenvalue weighted by Crippen LogP contribution is 2.16. The van der Waals surface area contributed by atoms with Gasteiger partial charge in [-0.05, 0) is 25.2 Å². The Morgan fingerprint density at radius 3 is 2.85 bits per heavy atom. The van der Waals surface area contributed by atoms with Gasteiger partial charge in [0.2, 0.25) is 0 Å². The molecule has 0 amide bonds. The lowest BCUT2D eigenvalue weighted by molar-refractivity contribution is 0.0170. The van der Waals surface area contributed by atoms with E-state index in [1.165, 1.54) is 0 Å². The van der Waals surface area contributed by atoms with Crippen molar-refractivity contribution < 1.29 is 9.84 Å². The van der Waals surface area contributed by atoms with Crippen molar-refractivity contribution in [3.8, 4) is 0 Å². The first-order chi connectivity index (χ1) is 9.74. The maximum atomic E-state index is 10.3. The third kappa shape index (κ3) is 3.99. The van der Waals surface area contributed by atoms with Gasteiger partial charge in [-0.3, -0.25) is 4.98 Å². The van der Waals surface area contributed by atoms with Crippen LogP contribution in [0.15, 0.2) is 24.4 Å². The van der Waals surface area contributed by atoms with E-state index in [4.69, 9.17) is 4.74 Å². The first kappa shape index (κ1) is 15.4. The zero-order chi connectivity index (χ0) is 14.4. The summed E-state index contributed by atoms with van der Waals surface area (Å²) in [5.41, 5.74) is 0.979. The molecule has 2 rings (SSSR count). The molecule has 112 valence electrons. The molecule has 20 heavy (non-hydrogen) atoms. The zero-order valence-electron chi connectivity index (χ0n) is 12.3. The van der Waals surface area contributed by atoms with E-state index in [0.717, 1.165) is 25.3 Å². The van der Waals surface area contributed by atoms with E-state index in [0.29, 0.717) is 13.2 Å². The van der Waals surface area contributed by atoms with Gasteiger partial charge in [0.05, 0.1) is 30.6 Å². The normalized spacial score (nSPS) is 26.3. The summed E-state index contributed by atoms with van der Waals surface area (Å²) in [5, 5.41) is 13.7. The number of hydrogen-bond donors (Lipinski definition) is 2. The minimum Gasteiger partial charge on any atom is -0.389 e. The Morgan fingerprint density at radius 1 is 1.40 bits per heavy atom. The van der Waals surface area contributed by atoms with Crippen molar-refractivity contribution in [3.05, 3.63) is 30.1 Å². The molecular weight excluding hydrogens is 254 g/mol. The van der Waals surface area contributed by atoms with Crippen LogP contribution in [0.4, 0.5) is 0 Å². The van der Waals surface area contributed by atoms with Gasteiger partial charge in [0.1, 0.15) is 0 Å². The SMILES string of the molecule is CCN(CC)CC1OCC(NCc2ccccn2)C1O. The van der Waals surface area contributed by atoms with Crippen molar-refractivity contribution in [2.75, 3.05) is 26.2 Å². The zero-order valence-corrected chi connectivity index (χ0v) is 12.3. The average molecular weight is 279 g/mol. The number of aromatic nitrogens is 1. The summed E-state index contributed by atoms with van der Waals surface area (Å²) in [5.74, 6) is 0. The molecule has 1 fully saturated rings. The molecule has 0 radical (unpaired) electrons. The summed E-state index contributed by atoms with van der Waals surface area (Å²) < 4.78 is 5.73. The van der Waals surface area contributed by atoms with Crippen LogP contribution < -0.4 is 5.32 Å². The summed E-state index contributed by atoms with van der Waals surface area (Å²) in [4.78, 5) is 6.54. The first-order valence-corrected chi connectivity index (χ1v) is 7.39. The van der Waals surface area contributed by atoms with E-state index < -0.39 is 6.10 Å². The van der Waals surface area contributed by atoms with E-state index >= 15 is 0 Å².